The number of benzene rings is 1. The van der Waals surface area contributed by atoms with Gasteiger partial charge in [-0.25, -0.2) is 4.79 Å². The first kappa shape index (κ1) is 12.9. The Morgan fingerprint density at radius 2 is 1.89 bits per heavy atom. The molecular weight excluding hydrogens is 246 g/mol. The van der Waals surface area contributed by atoms with Gasteiger partial charge in [0, 0.05) is 0 Å². The van der Waals surface area contributed by atoms with E-state index in [2.05, 4.69) is 9.72 Å². The highest BCUT2D eigenvalue weighted by molar-refractivity contribution is 5.87. The molecule has 0 bridgehead atoms. The molecular formula is C14H13NO4. The number of methoxy groups -OCH3 is 1. The van der Waals surface area contributed by atoms with Crippen LogP contribution in [-0.4, -0.2) is 18.1 Å². The van der Waals surface area contributed by atoms with Crippen molar-refractivity contribution in [3.05, 3.63) is 64.1 Å². The molecule has 0 saturated heterocycles. The summed E-state index contributed by atoms with van der Waals surface area (Å²) in [7, 11) is 1.25. The van der Waals surface area contributed by atoms with E-state index in [0.717, 1.165) is 5.56 Å². The third-order valence-corrected chi connectivity index (χ3v) is 2.52. The Labute approximate surface area is 109 Å². The molecule has 0 fully saturated rings. The van der Waals surface area contributed by atoms with Crippen molar-refractivity contribution in [1.82, 2.24) is 4.98 Å². The summed E-state index contributed by atoms with van der Waals surface area (Å²) in [5.41, 5.74) is 0.595. The summed E-state index contributed by atoms with van der Waals surface area (Å²) in [5, 5.41) is 0. The van der Waals surface area contributed by atoms with E-state index in [9.17, 15) is 9.59 Å². The lowest BCUT2D eigenvalue weighted by molar-refractivity contribution is 0.0593. The highest BCUT2D eigenvalue weighted by Gasteiger charge is 2.09. The molecule has 0 aliphatic carbocycles. The lowest BCUT2D eigenvalue weighted by atomic mass is 10.2. The lowest BCUT2D eigenvalue weighted by Crippen LogP contribution is -2.16. The molecule has 0 atom stereocenters. The maximum Gasteiger partial charge on any atom is 0.354 e. The predicted molar refractivity (Wildman–Crippen MR) is 69.2 cm³/mol. The zero-order valence-corrected chi connectivity index (χ0v) is 10.4. The van der Waals surface area contributed by atoms with Gasteiger partial charge in [0.2, 0.25) is 0 Å². The minimum atomic E-state index is -0.591. The van der Waals surface area contributed by atoms with Crippen LogP contribution in [0.5, 0.6) is 5.75 Å². The Bertz CT molecular complexity index is 619. The van der Waals surface area contributed by atoms with E-state index in [1.165, 1.54) is 19.2 Å². The van der Waals surface area contributed by atoms with Crippen molar-refractivity contribution in [2.24, 2.45) is 0 Å². The van der Waals surface area contributed by atoms with Crippen LogP contribution in [0.15, 0.2) is 47.3 Å². The van der Waals surface area contributed by atoms with Crippen molar-refractivity contribution in [3.63, 3.8) is 0 Å². The predicted octanol–water partition coefficient (Wildman–Crippen LogP) is 1.74. The minimum absolute atomic E-state index is 0.0968. The molecule has 1 aromatic carbocycles. The van der Waals surface area contributed by atoms with Crippen molar-refractivity contribution in [3.8, 4) is 5.75 Å². The normalized spacial score (nSPS) is 9.95. The average Bonchev–Trinajstić information content (AvgIpc) is 2.46. The third-order valence-electron chi connectivity index (χ3n) is 2.52. The van der Waals surface area contributed by atoms with E-state index in [1.807, 2.05) is 30.3 Å². The molecule has 0 unspecified atom stereocenters. The highest BCUT2D eigenvalue weighted by Crippen LogP contribution is 2.07. The molecule has 1 heterocycles. The van der Waals surface area contributed by atoms with E-state index in [-0.39, 0.29) is 11.4 Å². The van der Waals surface area contributed by atoms with Gasteiger partial charge in [-0.2, -0.15) is 0 Å². The number of esters is 1. The van der Waals surface area contributed by atoms with Crippen LogP contribution in [0, 0.1) is 0 Å². The average molecular weight is 259 g/mol. The van der Waals surface area contributed by atoms with E-state index < -0.39 is 11.5 Å². The fourth-order valence-electron chi connectivity index (χ4n) is 1.54. The number of aromatic amines is 1. The van der Waals surface area contributed by atoms with Gasteiger partial charge >= 0.3 is 5.97 Å². The fourth-order valence-corrected chi connectivity index (χ4v) is 1.54. The zero-order valence-electron chi connectivity index (χ0n) is 10.4. The number of carbonyl (C=O) groups excluding carboxylic acids is 1. The molecule has 0 saturated carbocycles. The van der Waals surface area contributed by atoms with E-state index in [0.29, 0.717) is 6.61 Å². The van der Waals surface area contributed by atoms with Gasteiger partial charge in [-0.15, -0.1) is 0 Å². The van der Waals surface area contributed by atoms with Gasteiger partial charge in [-0.3, -0.25) is 4.79 Å². The van der Waals surface area contributed by atoms with Crippen LogP contribution in [0.1, 0.15) is 16.1 Å². The second-order valence-corrected chi connectivity index (χ2v) is 3.83. The number of rotatable bonds is 4. The van der Waals surface area contributed by atoms with Crippen LogP contribution in [0.2, 0.25) is 0 Å². The number of hydrogen-bond acceptors (Lipinski definition) is 4. The number of nitrogens with one attached hydrogen (secondary N) is 1. The van der Waals surface area contributed by atoms with Crippen molar-refractivity contribution < 1.29 is 14.3 Å². The first-order valence-electron chi connectivity index (χ1n) is 5.69. The first-order valence-corrected chi connectivity index (χ1v) is 5.69. The Morgan fingerprint density at radius 1 is 1.16 bits per heavy atom. The molecule has 0 aliphatic heterocycles. The SMILES string of the molecule is COC(=O)c1ccc(OCc2ccccc2)c(=O)[nH]1. The van der Waals surface area contributed by atoms with Crippen molar-refractivity contribution in [2.75, 3.05) is 7.11 Å². The standard InChI is InChI=1S/C14H13NO4/c1-18-14(17)11-7-8-12(13(16)15-11)19-9-10-5-3-2-4-6-10/h2-8H,9H2,1H3,(H,15,16). The van der Waals surface area contributed by atoms with Crippen LogP contribution in [0.4, 0.5) is 0 Å². The number of pyridine rings is 1. The van der Waals surface area contributed by atoms with Crippen LogP contribution >= 0.6 is 0 Å². The van der Waals surface area contributed by atoms with E-state index in [4.69, 9.17) is 4.74 Å². The summed E-state index contributed by atoms with van der Waals surface area (Å²) in [4.78, 5) is 25.3. The summed E-state index contributed by atoms with van der Waals surface area (Å²) in [6.45, 7) is 0.293. The molecule has 0 aliphatic rings. The molecule has 2 rings (SSSR count). The maximum absolute atomic E-state index is 11.7. The molecule has 0 spiro atoms. The molecule has 5 heteroatoms. The summed E-state index contributed by atoms with van der Waals surface area (Å²) in [6.07, 6.45) is 0. The van der Waals surface area contributed by atoms with E-state index >= 15 is 0 Å². The van der Waals surface area contributed by atoms with Gasteiger partial charge < -0.3 is 14.5 Å². The Hall–Kier alpha value is -2.56. The molecule has 0 amide bonds. The smallest absolute Gasteiger partial charge is 0.354 e. The number of H-pyrrole nitrogens is 1. The van der Waals surface area contributed by atoms with Crippen molar-refractivity contribution in [1.29, 1.82) is 0 Å². The molecule has 19 heavy (non-hydrogen) atoms. The summed E-state index contributed by atoms with van der Waals surface area (Å²) >= 11 is 0. The second-order valence-electron chi connectivity index (χ2n) is 3.83. The fraction of sp³-hybridized carbons (Fsp3) is 0.143. The van der Waals surface area contributed by atoms with Gasteiger partial charge in [-0.05, 0) is 17.7 Å². The Balaban J connectivity index is 2.10. The Morgan fingerprint density at radius 3 is 2.53 bits per heavy atom. The van der Waals surface area contributed by atoms with E-state index in [1.54, 1.807) is 0 Å². The largest absolute Gasteiger partial charge is 0.483 e. The lowest BCUT2D eigenvalue weighted by Gasteiger charge is -2.06. The molecule has 5 nitrogen and oxygen atoms in total. The number of aromatic nitrogens is 1. The Kier molecular flexibility index (Phi) is 3.97. The van der Waals surface area contributed by atoms with Gasteiger partial charge in [-0.1, -0.05) is 30.3 Å². The topological polar surface area (TPSA) is 68.4 Å². The van der Waals surface area contributed by atoms with Crippen LogP contribution in [0.25, 0.3) is 0 Å². The maximum atomic E-state index is 11.7. The monoisotopic (exact) mass is 259 g/mol. The van der Waals surface area contributed by atoms with Crippen LogP contribution in [-0.2, 0) is 11.3 Å². The molecule has 1 N–H and O–H groups in total. The van der Waals surface area contributed by atoms with Gasteiger partial charge in [0.1, 0.15) is 12.3 Å². The highest BCUT2D eigenvalue weighted by atomic mass is 16.5. The second kappa shape index (κ2) is 5.86. The summed E-state index contributed by atoms with van der Waals surface area (Å²) in [5.74, 6) is -0.428. The number of ether oxygens (including phenoxy) is 2. The van der Waals surface area contributed by atoms with Crippen molar-refractivity contribution in [2.45, 2.75) is 6.61 Å². The molecule has 98 valence electrons. The molecule has 2 aromatic rings. The van der Waals surface area contributed by atoms with Crippen LogP contribution < -0.4 is 10.3 Å². The van der Waals surface area contributed by atoms with Crippen LogP contribution in [0.3, 0.4) is 0 Å². The number of hydrogen-bond donors (Lipinski definition) is 1. The van der Waals surface area contributed by atoms with Crippen molar-refractivity contribution >= 4 is 5.97 Å². The van der Waals surface area contributed by atoms with Gasteiger partial charge in [0.25, 0.3) is 5.56 Å². The molecule has 0 radical (unpaired) electrons. The first-order chi connectivity index (χ1) is 9.20. The number of carbonyl (C=O) groups is 1. The molecule has 1 aromatic heterocycles. The minimum Gasteiger partial charge on any atom is -0.483 e. The van der Waals surface area contributed by atoms with Gasteiger partial charge in [0.05, 0.1) is 7.11 Å². The summed E-state index contributed by atoms with van der Waals surface area (Å²) < 4.78 is 9.91. The zero-order chi connectivity index (χ0) is 13.7. The summed E-state index contributed by atoms with van der Waals surface area (Å²) in [6, 6.07) is 12.4. The van der Waals surface area contributed by atoms with Gasteiger partial charge in [0.15, 0.2) is 5.75 Å². The third kappa shape index (κ3) is 3.22. The quantitative estimate of drug-likeness (QED) is 0.849.